The second kappa shape index (κ2) is 5.13. The van der Waals surface area contributed by atoms with Gasteiger partial charge < -0.3 is 10.3 Å². The van der Waals surface area contributed by atoms with Crippen LogP contribution >= 0.6 is 0 Å². The maximum atomic E-state index is 11.5. The van der Waals surface area contributed by atoms with Gasteiger partial charge in [-0.1, -0.05) is 0 Å². The Morgan fingerprint density at radius 2 is 2.28 bits per heavy atom. The first kappa shape index (κ1) is 11.8. The number of carbonyl (C=O) groups excluding carboxylic acids is 1. The monoisotopic (exact) mass is 249 g/mol. The summed E-state index contributed by atoms with van der Waals surface area (Å²) in [6, 6.07) is 1.18. The van der Waals surface area contributed by atoms with E-state index in [0.29, 0.717) is 5.82 Å². The van der Waals surface area contributed by atoms with Crippen molar-refractivity contribution in [2.45, 2.75) is 13.1 Å². The Kier molecular flexibility index (Phi) is 3.37. The van der Waals surface area contributed by atoms with Gasteiger partial charge in [-0.25, -0.2) is 9.78 Å². The van der Waals surface area contributed by atoms with Crippen molar-refractivity contribution in [2.75, 3.05) is 0 Å². The summed E-state index contributed by atoms with van der Waals surface area (Å²) in [5.41, 5.74) is -1.11. The third kappa shape index (κ3) is 2.94. The number of rotatable bonds is 4. The van der Waals surface area contributed by atoms with Crippen molar-refractivity contribution in [2.24, 2.45) is 0 Å². The van der Waals surface area contributed by atoms with Crippen LogP contribution in [0, 0.1) is 0 Å². The molecule has 0 saturated heterocycles. The molecule has 0 aliphatic carbocycles. The number of H-pyrrole nitrogens is 2. The molecule has 0 aliphatic heterocycles. The van der Waals surface area contributed by atoms with E-state index in [1.54, 1.807) is 12.4 Å². The van der Waals surface area contributed by atoms with E-state index in [0.717, 1.165) is 4.57 Å². The van der Waals surface area contributed by atoms with Crippen LogP contribution in [0.3, 0.4) is 0 Å². The molecule has 0 aliphatic rings. The Hall–Kier alpha value is -2.64. The van der Waals surface area contributed by atoms with Gasteiger partial charge in [0, 0.05) is 24.7 Å². The summed E-state index contributed by atoms with van der Waals surface area (Å²) < 4.78 is 1.11. The number of aromatic amines is 2. The predicted molar refractivity (Wildman–Crippen MR) is 61.8 cm³/mol. The summed E-state index contributed by atoms with van der Waals surface area (Å²) in [6.07, 6.45) is 4.50. The first-order valence-corrected chi connectivity index (χ1v) is 5.20. The molecule has 0 saturated carbocycles. The fourth-order valence-corrected chi connectivity index (χ4v) is 1.36. The molecule has 0 unspecified atom stereocenters. The minimum Gasteiger partial charge on any atom is -0.347 e. The van der Waals surface area contributed by atoms with Gasteiger partial charge in [0.2, 0.25) is 5.91 Å². The number of aromatic nitrogens is 4. The predicted octanol–water partition coefficient (Wildman–Crippen LogP) is -1.42. The molecule has 18 heavy (non-hydrogen) atoms. The average molecular weight is 249 g/mol. The third-order valence-electron chi connectivity index (χ3n) is 2.22. The second-order valence-corrected chi connectivity index (χ2v) is 3.55. The highest BCUT2D eigenvalue weighted by Gasteiger charge is 2.05. The quantitative estimate of drug-likeness (QED) is 0.617. The molecule has 0 radical (unpaired) electrons. The van der Waals surface area contributed by atoms with Crippen LogP contribution in [0.25, 0.3) is 0 Å². The zero-order valence-corrected chi connectivity index (χ0v) is 9.34. The van der Waals surface area contributed by atoms with Crippen molar-refractivity contribution in [3.05, 3.63) is 51.3 Å². The Morgan fingerprint density at radius 3 is 2.94 bits per heavy atom. The first-order valence-electron chi connectivity index (χ1n) is 5.20. The number of carbonyl (C=O) groups is 1. The lowest BCUT2D eigenvalue weighted by atomic mass is 10.5. The number of hydrogen-bond donors (Lipinski definition) is 3. The van der Waals surface area contributed by atoms with Gasteiger partial charge in [-0.3, -0.25) is 19.1 Å². The van der Waals surface area contributed by atoms with Gasteiger partial charge in [0.05, 0.1) is 6.54 Å². The van der Waals surface area contributed by atoms with Gasteiger partial charge in [-0.05, 0) is 0 Å². The smallest absolute Gasteiger partial charge is 0.328 e. The number of amides is 1. The van der Waals surface area contributed by atoms with E-state index >= 15 is 0 Å². The summed E-state index contributed by atoms with van der Waals surface area (Å²) in [4.78, 5) is 42.5. The molecule has 0 bridgehead atoms. The summed E-state index contributed by atoms with van der Waals surface area (Å²) in [7, 11) is 0. The van der Waals surface area contributed by atoms with Crippen LogP contribution in [-0.4, -0.2) is 25.4 Å². The maximum Gasteiger partial charge on any atom is 0.328 e. The minimum atomic E-state index is -0.615. The Morgan fingerprint density at radius 1 is 1.44 bits per heavy atom. The van der Waals surface area contributed by atoms with Crippen LogP contribution in [0.1, 0.15) is 5.82 Å². The molecule has 2 rings (SSSR count). The Labute approximate surface area is 101 Å². The van der Waals surface area contributed by atoms with Crippen LogP contribution in [0.5, 0.6) is 0 Å². The van der Waals surface area contributed by atoms with Crippen molar-refractivity contribution in [1.29, 1.82) is 0 Å². The normalized spacial score (nSPS) is 10.2. The van der Waals surface area contributed by atoms with Crippen molar-refractivity contribution in [1.82, 2.24) is 24.8 Å². The summed E-state index contributed by atoms with van der Waals surface area (Å²) in [5.74, 6) is 0.276. The van der Waals surface area contributed by atoms with E-state index < -0.39 is 11.2 Å². The van der Waals surface area contributed by atoms with Crippen LogP contribution in [0.2, 0.25) is 0 Å². The van der Waals surface area contributed by atoms with E-state index in [2.05, 4.69) is 20.3 Å². The third-order valence-corrected chi connectivity index (χ3v) is 2.22. The number of nitrogens with one attached hydrogen (secondary N) is 3. The highest BCUT2D eigenvalue weighted by Crippen LogP contribution is 1.87. The zero-order chi connectivity index (χ0) is 13.0. The standard InChI is InChI=1S/C10H11N5O3/c16-8-1-4-15(10(18)14-8)6-9(17)13-5-7-11-2-3-12-7/h1-4H,5-6H2,(H,11,12)(H,13,17)(H,14,16,18). The molecule has 1 amide bonds. The Balaban J connectivity index is 1.95. The molecule has 8 nitrogen and oxygen atoms in total. The highest BCUT2D eigenvalue weighted by molar-refractivity contribution is 5.75. The van der Waals surface area contributed by atoms with Gasteiger partial charge in [0.25, 0.3) is 5.56 Å². The van der Waals surface area contributed by atoms with Crippen LogP contribution in [0.15, 0.2) is 34.2 Å². The van der Waals surface area contributed by atoms with Crippen LogP contribution < -0.4 is 16.6 Å². The van der Waals surface area contributed by atoms with Crippen molar-refractivity contribution < 1.29 is 4.79 Å². The maximum absolute atomic E-state index is 11.5. The van der Waals surface area contributed by atoms with E-state index in [4.69, 9.17) is 0 Å². The van der Waals surface area contributed by atoms with Crippen molar-refractivity contribution in [3.63, 3.8) is 0 Å². The molecule has 3 N–H and O–H groups in total. The molecular weight excluding hydrogens is 238 g/mol. The number of hydrogen-bond acceptors (Lipinski definition) is 4. The molecule has 0 atom stereocenters. The largest absolute Gasteiger partial charge is 0.347 e. The van der Waals surface area contributed by atoms with E-state index in [9.17, 15) is 14.4 Å². The number of nitrogens with zero attached hydrogens (tertiary/aromatic N) is 2. The van der Waals surface area contributed by atoms with Gasteiger partial charge in [0.1, 0.15) is 12.4 Å². The number of imidazole rings is 1. The summed E-state index contributed by atoms with van der Waals surface area (Å²) >= 11 is 0. The lowest BCUT2D eigenvalue weighted by Crippen LogP contribution is -2.35. The molecule has 94 valence electrons. The second-order valence-electron chi connectivity index (χ2n) is 3.55. The molecule has 2 aromatic rings. The van der Waals surface area contributed by atoms with Crippen LogP contribution in [-0.2, 0) is 17.9 Å². The molecule has 0 fully saturated rings. The van der Waals surface area contributed by atoms with E-state index in [1.807, 2.05) is 0 Å². The van der Waals surface area contributed by atoms with E-state index in [1.165, 1.54) is 12.3 Å². The minimum absolute atomic E-state index is 0.156. The molecule has 0 aromatic carbocycles. The lowest BCUT2D eigenvalue weighted by Gasteiger charge is -2.05. The van der Waals surface area contributed by atoms with Gasteiger partial charge in [0.15, 0.2) is 0 Å². The summed E-state index contributed by atoms with van der Waals surface area (Å²) in [6.45, 7) is 0.0975. The highest BCUT2D eigenvalue weighted by atomic mass is 16.2. The molecule has 0 spiro atoms. The van der Waals surface area contributed by atoms with Gasteiger partial charge in [-0.15, -0.1) is 0 Å². The molecular formula is C10H11N5O3. The fraction of sp³-hybridized carbons (Fsp3) is 0.200. The van der Waals surface area contributed by atoms with E-state index in [-0.39, 0.29) is 19.0 Å². The topological polar surface area (TPSA) is 113 Å². The Bertz CT molecular complexity index is 640. The summed E-state index contributed by atoms with van der Waals surface area (Å²) in [5, 5.41) is 2.59. The molecule has 2 heterocycles. The van der Waals surface area contributed by atoms with Crippen molar-refractivity contribution in [3.8, 4) is 0 Å². The molecule has 2 aromatic heterocycles. The zero-order valence-electron chi connectivity index (χ0n) is 9.34. The molecule has 8 heteroatoms. The van der Waals surface area contributed by atoms with Crippen molar-refractivity contribution >= 4 is 5.91 Å². The SMILES string of the molecule is O=C(Cn1ccc(=O)[nH]c1=O)NCc1ncc[nH]1. The van der Waals surface area contributed by atoms with Crippen LogP contribution in [0.4, 0.5) is 0 Å². The average Bonchev–Trinajstić information content (AvgIpc) is 2.83. The lowest BCUT2D eigenvalue weighted by molar-refractivity contribution is -0.121. The van der Waals surface area contributed by atoms with Gasteiger partial charge >= 0.3 is 5.69 Å². The first-order chi connectivity index (χ1) is 8.65. The van der Waals surface area contributed by atoms with Gasteiger partial charge in [-0.2, -0.15) is 0 Å². The fourth-order valence-electron chi connectivity index (χ4n) is 1.36.